The summed E-state index contributed by atoms with van der Waals surface area (Å²) in [5.41, 5.74) is 0.143. The zero-order chi connectivity index (χ0) is 19.8. The Bertz CT molecular complexity index is 967. The molecule has 0 spiro atoms. The van der Waals surface area contributed by atoms with Crippen LogP contribution in [0.3, 0.4) is 0 Å². The summed E-state index contributed by atoms with van der Waals surface area (Å²) in [6, 6.07) is 4.22. The van der Waals surface area contributed by atoms with Crippen LogP contribution in [-0.2, 0) is 14.6 Å². The molecule has 1 saturated carbocycles. The van der Waals surface area contributed by atoms with Crippen molar-refractivity contribution in [3.05, 3.63) is 24.0 Å². The highest BCUT2D eigenvalue weighted by Gasteiger charge is 2.44. The Morgan fingerprint density at radius 3 is 2.70 bits per heavy atom. The van der Waals surface area contributed by atoms with Crippen LogP contribution in [0.1, 0.15) is 26.7 Å². The van der Waals surface area contributed by atoms with E-state index >= 15 is 0 Å². The van der Waals surface area contributed by atoms with E-state index in [0.29, 0.717) is 5.75 Å². The molecular formula is C17H21FN4O4S. The van der Waals surface area contributed by atoms with E-state index in [1.807, 2.05) is 0 Å². The predicted molar refractivity (Wildman–Crippen MR) is 97.5 cm³/mol. The number of benzene rings is 1. The number of amides is 1. The number of aromatic amines is 1. The molecule has 2 aromatic rings. The molecule has 1 heterocycles. The summed E-state index contributed by atoms with van der Waals surface area (Å²) >= 11 is 0. The number of halogens is 1. The third-order valence-corrected chi connectivity index (χ3v) is 7.27. The lowest BCUT2D eigenvalue weighted by Crippen LogP contribution is -2.46. The first-order valence-corrected chi connectivity index (χ1v) is 10.1. The van der Waals surface area contributed by atoms with Crippen LogP contribution in [0.2, 0.25) is 0 Å². The first-order valence-electron chi connectivity index (χ1n) is 8.44. The van der Waals surface area contributed by atoms with Gasteiger partial charge in [0.05, 0.1) is 18.4 Å². The first kappa shape index (κ1) is 19.3. The average molecular weight is 396 g/mol. The Morgan fingerprint density at radius 2 is 2.11 bits per heavy atom. The molecule has 0 unspecified atom stereocenters. The lowest BCUT2D eigenvalue weighted by molar-refractivity contribution is -0.117. The second kappa shape index (κ2) is 6.91. The number of nitrogens with one attached hydrogen (secondary N) is 2. The summed E-state index contributed by atoms with van der Waals surface area (Å²) < 4.78 is 42.4. The van der Waals surface area contributed by atoms with Crippen LogP contribution in [0.4, 0.5) is 10.3 Å². The van der Waals surface area contributed by atoms with Gasteiger partial charge in [0.25, 0.3) is 0 Å². The zero-order valence-electron chi connectivity index (χ0n) is 15.2. The molecule has 1 aromatic heterocycles. The number of rotatable bonds is 7. The second-order valence-electron chi connectivity index (χ2n) is 7.04. The van der Waals surface area contributed by atoms with E-state index in [0.717, 1.165) is 12.8 Å². The standard InChI is InChI=1S/C17H21FN4O4S/c1-17(2,27(24,25)9-10-4-5-10)15(23)20-16-19-14(21-22-16)12-7-6-11(26-3)8-13(12)18/h6-8,10H,4-5,9H2,1-3H3,(H2,19,20,21,22,23). The summed E-state index contributed by atoms with van der Waals surface area (Å²) in [7, 11) is -2.20. The normalized spacial score (nSPS) is 14.8. The predicted octanol–water partition coefficient (Wildman–Crippen LogP) is 2.16. The number of sulfone groups is 1. The Balaban J connectivity index is 1.76. The smallest absolute Gasteiger partial charge is 0.249 e. The van der Waals surface area contributed by atoms with E-state index in [1.165, 1.54) is 33.1 Å². The summed E-state index contributed by atoms with van der Waals surface area (Å²) in [6.07, 6.45) is 1.74. The minimum atomic E-state index is -3.63. The number of hydrogen-bond donors (Lipinski definition) is 2. The molecule has 1 fully saturated rings. The van der Waals surface area contributed by atoms with Gasteiger partial charge in [-0.15, -0.1) is 5.10 Å². The van der Waals surface area contributed by atoms with Gasteiger partial charge in [0.2, 0.25) is 11.9 Å². The number of nitrogens with zero attached hydrogens (tertiary/aromatic N) is 2. The quantitative estimate of drug-likeness (QED) is 0.741. The molecule has 1 aliphatic rings. The molecular weight excluding hydrogens is 375 g/mol. The van der Waals surface area contributed by atoms with Gasteiger partial charge in [0.1, 0.15) is 16.3 Å². The molecule has 10 heteroatoms. The maximum absolute atomic E-state index is 14.1. The first-order chi connectivity index (χ1) is 12.6. The van der Waals surface area contributed by atoms with E-state index in [1.54, 1.807) is 6.07 Å². The number of methoxy groups -OCH3 is 1. The number of aromatic nitrogens is 3. The van der Waals surface area contributed by atoms with Crippen molar-refractivity contribution >= 4 is 21.7 Å². The number of carbonyl (C=O) groups excluding carboxylic acids is 1. The van der Waals surface area contributed by atoms with Gasteiger partial charge >= 0.3 is 0 Å². The molecule has 1 aromatic carbocycles. The van der Waals surface area contributed by atoms with Crippen LogP contribution in [0.15, 0.2) is 18.2 Å². The number of H-pyrrole nitrogens is 1. The van der Waals surface area contributed by atoms with Gasteiger partial charge in [-0.25, -0.2) is 12.8 Å². The minimum absolute atomic E-state index is 0.0102. The van der Waals surface area contributed by atoms with Gasteiger partial charge in [-0.2, -0.15) is 4.98 Å². The number of carbonyl (C=O) groups is 1. The van der Waals surface area contributed by atoms with Crippen molar-refractivity contribution in [1.82, 2.24) is 15.2 Å². The highest BCUT2D eigenvalue weighted by atomic mass is 32.2. The van der Waals surface area contributed by atoms with E-state index in [4.69, 9.17) is 4.74 Å². The van der Waals surface area contributed by atoms with Crippen molar-refractivity contribution in [1.29, 1.82) is 0 Å². The molecule has 0 bridgehead atoms. The zero-order valence-corrected chi connectivity index (χ0v) is 16.1. The molecule has 0 saturated heterocycles. The molecule has 1 aliphatic carbocycles. The van der Waals surface area contributed by atoms with Crippen LogP contribution >= 0.6 is 0 Å². The van der Waals surface area contributed by atoms with Crippen LogP contribution in [-0.4, -0.2) is 47.1 Å². The summed E-state index contributed by atoms with van der Waals surface area (Å²) in [4.78, 5) is 16.5. The Kier molecular flexibility index (Phi) is 4.94. The highest BCUT2D eigenvalue weighted by Crippen LogP contribution is 2.34. The fourth-order valence-corrected chi connectivity index (χ4v) is 4.15. The Morgan fingerprint density at radius 1 is 1.41 bits per heavy atom. The molecule has 146 valence electrons. The monoisotopic (exact) mass is 396 g/mol. The summed E-state index contributed by atoms with van der Waals surface area (Å²) in [5.74, 6) is -0.852. The van der Waals surface area contributed by atoms with Crippen molar-refractivity contribution in [3.63, 3.8) is 0 Å². The maximum Gasteiger partial charge on any atom is 0.249 e. The summed E-state index contributed by atoms with van der Waals surface area (Å²) in [5, 5.41) is 8.75. The molecule has 0 atom stereocenters. The minimum Gasteiger partial charge on any atom is -0.497 e. The van der Waals surface area contributed by atoms with E-state index in [-0.39, 0.29) is 29.0 Å². The number of hydrogen-bond acceptors (Lipinski definition) is 6. The summed E-state index contributed by atoms with van der Waals surface area (Å²) in [6.45, 7) is 2.72. The molecule has 0 radical (unpaired) electrons. The largest absolute Gasteiger partial charge is 0.497 e. The number of anilines is 1. The third-order valence-electron chi connectivity index (χ3n) is 4.62. The van der Waals surface area contributed by atoms with E-state index < -0.39 is 26.3 Å². The van der Waals surface area contributed by atoms with Gasteiger partial charge in [-0.1, -0.05) is 0 Å². The SMILES string of the molecule is COc1ccc(-c2nc(NC(=O)C(C)(C)S(=O)(=O)CC3CC3)n[nH]2)c(F)c1. The topological polar surface area (TPSA) is 114 Å². The molecule has 2 N–H and O–H groups in total. The van der Waals surface area contributed by atoms with Gasteiger partial charge in [0, 0.05) is 6.07 Å². The van der Waals surface area contributed by atoms with Crippen molar-refractivity contribution in [2.45, 2.75) is 31.4 Å². The van der Waals surface area contributed by atoms with E-state index in [9.17, 15) is 17.6 Å². The van der Waals surface area contributed by atoms with Crippen molar-refractivity contribution in [3.8, 4) is 17.1 Å². The fraction of sp³-hybridized carbons (Fsp3) is 0.471. The third kappa shape index (κ3) is 3.95. The Labute approximate surface area is 156 Å². The van der Waals surface area contributed by atoms with Crippen LogP contribution < -0.4 is 10.1 Å². The van der Waals surface area contributed by atoms with Crippen LogP contribution in [0.5, 0.6) is 5.75 Å². The van der Waals surface area contributed by atoms with Crippen molar-refractivity contribution in [2.75, 3.05) is 18.2 Å². The highest BCUT2D eigenvalue weighted by molar-refractivity contribution is 7.93. The number of ether oxygens (including phenoxy) is 1. The maximum atomic E-state index is 14.1. The van der Waals surface area contributed by atoms with Crippen LogP contribution in [0, 0.1) is 11.7 Å². The molecule has 27 heavy (non-hydrogen) atoms. The van der Waals surface area contributed by atoms with Gasteiger partial charge in [0.15, 0.2) is 15.7 Å². The molecule has 1 amide bonds. The lowest BCUT2D eigenvalue weighted by Gasteiger charge is -2.22. The Hall–Kier alpha value is -2.49. The average Bonchev–Trinajstić information content (AvgIpc) is 3.29. The second-order valence-corrected chi connectivity index (χ2v) is 9.63. The van der Waals surface area contributed by atoms with E-state index in [2.05, 4.69) is 20.5 Å². The fourth-order valence-electron chi connectivity index (χ4n) is 2.45. The van der Waals surface area contributed by atoms with Crippen molar-refractivity contribution in [2.24, 2.45) is 5.92 Å². The van der Waals surface area contributed by atoms with Gasteiger partial charge in [-0.3, -0.25) is 15.2 Å². The van der Waals surface area contributed by atoms with Gasteiger partial charge < -0.3 is 4.74 Å². The van der Waals surface area contributed by atoms with Gasteiger partial charge in [-0.05, 0) is 44.7 Å². The van der Waals surface area contributed by atoms with Crippen LogP contribution in [0.25, 0.3) is 11.4 Å². The lowest BCUT2D eigenvalue weighted by atomic mass is 10.2. The molecule has 3 rings (SSSR count). The molecule has 8 nitrogen and oxygen atoms in total. The van der Waals surface area contributed by atoms with Crippen molar-refractivity contribution < 1.29 is 22.3 Å². The molecule has 0 aliphatic heterocycles.